The fourth-order valence-electron chi connectivity index (χ4n) is 1.45. The molecule has 0 radical (unpaired) electrons. The summed E-state index contributed by atoms with van der Waals surface area (Å²) in [5.74, 6) is 0.403. The van der Waals surface area contributed by atoms with Gasteiger partial charge in [-0.2, -0.15) is 0 Å². The summed E-state index contributed by atoms with van der Waals surface area (Å²) in [6, 6.07) is 3.05. The number of nitrogens with zero attached hydrogens (tertiary/aromatic N) is 1. The predicted octanol–water partition coefficient (Wildman–Crippen LogP) is 1.81. The molecule has 0 amide bonds. The van der Waals surface area contributed by atoms with Crippen molar-refractivity contribution < 1.29 is 14.4 Å². The Morgan fingerprint density at radius 1 is 1.29 bits per heavy atom. The van der Waals surface area contributed by atoms with Crippen molar-refractivity contribution in [1.82, 2.24) is 0 Å². The minimum Gasteiger partial charge on any atom is -0.493 e. The van der Waals surface area contributed by atoms with Crippen LogP contribution in [0.1, 0.15) is 19.4 Å². The monoisotopic (exact) mass is 240 g/mol. The summed E-state index contributed by atoms with van der Waals surface area (Å²) >= 11 is 0. The lowest BCUT2D eigenvalue weighted by molar-refractivity contribution is -0.385. The summed E-state index contributed by atoms with van der Waals surface area (Å²) in [6.45, 7) is 3.52. The topological polar surface area (TPSA) is 87.6 Å². The third-order valence-electron chi connectivity index (χ3n) is 2.40. The maximum Gasteiger partial charge on any atom is 0.315 e. The van der Waals surface area contributed by atoms with Gasteiger partial charge in [-0.3, -0.25) is 10.1 Å². The van der Waals surface area contributed by atoms with Crippen LogP contribution in [-0.2, 0) is 5.54 Å². The number of nitro groups is 1. The number of ether oxygens (including phenoxy) is 2. The molecule has 1 aromatic carbocycles. The third-order valence-corrected chi connectivity index (χ3v) is 2.40. The molecule has 0 aliphatic carbocycles. The molecular weight excluding hydrogens is 224 g/mol. The first-order valence-corrected chi connectivity index (χ1v) is 5.01. The minimum atomic E-state index is -0.690. The zero-order valence-corrected chi connectivity index (χ0v) is 10.3. The van der Waals surface area contributed by atoms with Gasteiger partial charge < -0.3 is 15.2 Å². The highest BCUT2D eigenvalue weighted by Gasteiger charge is 2.25. The molecule has 0 spiro atoms. The van der Waals surface area contributed by atoms with Crippen LogP contribution in [0.3, 0.4) is 0 Å². The molecule has 6 nitrogen and oxygen atoms in total. The van der Waals surface area contributed by atoms with Crippen molar-refractivity contribution in [3.63, 3.8) is 0 Å². The van der Waals surface area contributed by atoms with Gasteiger partial charge in [0, 0.05) is 11.6 Å². The molecule has 94 valence electrons. The molecule has 0 aromatic heterocycles. The molecule has 0 saturated heterocycles. The van der Waals surface area contributed by atoms with E-state index in [-0.39, 0.29) is 11.4 Å². The van der Waals surface area contributed by atoms with E-state index in [1.807, 2.05) is 0 Å². The number of hydrogen-bond donors (Lipinski definition) is 1. The standard InChI is InChI=1S/C11H16N2O4/c1-11(2,12)7-5-8(13(14)15)10(17-4)9(6-7)16-3/h5-6H,12H2,1-4H3. The van der Waals surface area contributed by atoms with E-state index >= 15 is 0 Å². The normalized spacial score (nSPS) is 11.1. The lowest BCUT2D eigenvalue weighted by atomic mass is 9.94. The summed E-state index contributed by atoms with van der Waals surface area (Å²) in [4.78, 5) is 10.4. The Morgan fingerprint density at radius 3 is 2.24 bits per heavy atom. The van der Waals surface area contributed by atoms with E-state index in [0.717, 1.165) is 0 Å². The molecule has 0 aliphatic heterocycles. The molecule has 0 heterocycles. The summed E-state index contributed by atoms with van der Waals surface area (Å²) < 4.78 is 10.1. The van der Waals surface area contributed by atoms with Crippen molar-refractivity contribution in [2.24, 2.45) is 5.73 Å². The van der Waals surface area contributed by atoms with Crippen molar-refractivity contribution >= 4 is 5.69 Å². The first kappa shape index (κ1) is 13.2. The van der Waals surface area contributed by atoms with E-state index in [2.05, 4.69) is 0 Å². The molecule has 2 N–H and O–H groups in total. The van der Waals surface area contributed by atoms with E-state index in [4.69, 9.17) is 15.2 Å². The highest BCUT2D eigenvalue weighted by atomic mass is 16.6. The summed E-state index contributed by atoms with van der Waals surface area (Å²) in [5, 5.41) is 11.0. The van der Waals surface area contributed by atoms with Crippen molar-refractivity contribution in [2.75, 3.05) is 14.2 Å². The SMILES string of the molecule is COc1cc(C(C)(C)N)cc([N+](=O)[O-])c1OC. The van der Waals surface area contributed by atoms with Crippen molar-refractivity contribution in [3.8, 4) is 11.5 Å². The van der Waals surface area contributed by atoms with Crippen LogP contribution in [0, 0.1) is 10.1 Å². The van der Waals surface area contributed by atoms with Crippen molar-refractivity contribution in [1.29, 1.82) is 0 Å². The largest absolute Gasteiger partial charge is 0.493 e. The van der Waals surface area contributed by atoms with E-state index in [1.54, 1.807) is 19.9 Å². The summed E-state index contributed by atoms with van der Waals surface area (Å²) in [5.41, 5.74) is 5.69. The van der Waals surface area contributed by atoms with Gasteiger partial charge in [-0.05, 0) is 25.5 Å². The molecule has 17 heavy (non-hydrogen) atoms. The highest BCUT2D eigenvalue weighted by Crippen LogP contribution is 2.39. The van der Waals surface area contributed by atoms with Gasteiger partial charge in [-0.1, -0.05) is 0 Å². The molecule has 0 bridgehead atoms. The number of nitro benzene ring substituents is 1. The average molecular weight is 240 g/mol. The zero-order chi connectivity index (χ0) is 13.2. The number of hydrogen-bond acceptors (Lipinski definition) is 5. The third kappa shape index (κ3) is 2.65. The van der Waals surface area contributed by atoms with Crippen LogP contribution in [0.4, 0.5) is 5.69 Å². The molecule has 6 heteroatoms. The Kier molecular flexibility index (Phi) is 3.57. The van der Waals surface area contributed by atoms with Gasteiger partial charge in [0.05, 0.1) is 19.1 Å². The van der Waals surface area contributed by atoms with Crippen LogP contribution in [0.5, 0.6) is 11.5 Å². The molecule has 0 fully saturated rings. The van der Waals surface area contributed by atoms with Gasteiger partial charge >= 0.3 is 5.69 Å². The van der Waals surface area contributed by atoms with Crippen LogP contribution in [0.2, 0.25) is 0 Å². The number of benzene rings is 1. The van der Waals surface area contributed by atoms with Gasteiger partial charge in [0.15, 0.2) is 5.75 Å². The Morgan fingerprint density at radius 2 is 1.88 bits per heavy atom. The Balaban J connectivity index is 3.51. The quantitative estimate of drug-likeness (QED) is 0.640. The van der Waals surface area contributed by atoms with Gasteiger partial charge in [-0.25, -0.2) is 0 Å². The molecule has 1 aromatic rings. The lowest BCUT2D eigenvalue weighted by Gasteiger charge is -2.20. The van der Waals surface area contributed by atoms with E-state index in [9.17, 15) is 10.1 Å². The maximum atomic E-state index is 11.0. The molecule has 0 unspecified atom stereocenters. The first-order valence-electron chi connectivity index (χ1n) is 5.01. The van der Waals surface area contributed by atoms with E-state index < -0.39 is 10.5 Å². The van der Waals surface area contributed by atoms with E-state index in [1.165, 1.54) is 20.3 Å². The summed E-state index contributed by atoms with van der Waals surface area (Å²) in [6.07, 6.45) is 0. The zero-order valence-electron chi connectivity index (χ0n) is 10.3. The molecule has 0 aliphatic rings. The van der Waals surface area contributed by atoms with Gasteiger partial charge in [0.25, 0.3) is 0 Å². The van der Waals surface area contributed by atoms with Gasteiger partial charge in [0.2, 0.25) is 5.75 Å². The Bertz CT molecular complexity index is 438. The molecule has 0 atom stereocenters. The second kappa shape index (κ2) is 4.58. The second-order valence-corrected chi connectivity index (χ2v) is 4.21. The van der Waals surface area contributed by atoms with Gasteiger partial charge in [-0.15, -0.1) is 0 Å². The summed E-state index contributed by atoms with van der Waals surface area (Å²) in [7, 11) is 2.78. The van der Waals surface area contributed by atoms with Crippen molar-refractivity contribution in [3.05, 3.63) is 27.8 Å². The Labute approximate surface area is 99.5 Å². The van der Waals surface area contributed by atoms with E-state index in [0.29, 0.717) is 11.3 Å². The van der Waals surface area contributed by atoms with Crippen LogP contribution >= 0.6 is 0 Å². The predicted molar refractivity (Wildman–Crippen MR) is 63.4 cm³/mol. The lowest BCUT2D eigenvalue weighted by Crippen LogP contribution is -2.28. The Hall–Kier alpha value is -1.82. The molecule has 1 rings (SSSR count). The van der Waals surface area contributed by atoms with Crippen LogP contribution in [-0.4, -0.2) is 19.1 Å². The maximum absolute atomic E-state index is 11.0. The number of rotatable bonds is 4. The number of methoxy groups -OCH3 is 2. The molecule has 0 saturated carbocycles. The second-order valence-electron chi connectivity index (χ2n) is 4.21. The van der Waals surface area contributed by atoms with Crippen LogP contribution < -0.4 is 15.2 Å². The number of nitrogens with two attached hydrogens (primary N) is 1. The smallest absolute Gasteiger partial charge is 0.315 e. The minimum absolute atomic E-state index is 0.102. The molecular formula is C11H16N2O4. The van der Waals surface area contributed by atoms with Crippen LogP contribution in [0.15, 0.2) is 12.1 Å². The highest BCUT2D eigenvalue weighted by molar-refractivity contribution is 5.59. The fourth-order valence-corrected chi connectivity index (χ4v) is 1.45. The van der Waals surface area contributed by atoms with Crippen molar-refractivity contribution in [2.45, 2.75) is 19.4 Å². The van der Waals surface area contributed by atoms with Gasteiger partial charge in [0.1, 0.15) is 0 Å². The average Bonchev–Trinajstić information content (AvgIpc) is 2.25. The first-order chi connectivity index (χ1) is 7.81. The fraction of sp³-hybridized carbons (Fsp3) is 0.455. The van der Waals surface area contributed by atoms with Crippen LogP contribution in [0.25, 0.3) is 0 Å².